The molecule has 6 nitrogen and oxygen atoms in total. The number of halogens is 3. The van der Waals surface area contributed by atoms with Gasteiger partial charge < -0.3 is 4.90 Å². The molecule has 1 amide bonds. The fraction of sp³-hybridized carbons (Fsp3) is 0.238. The summed E-state index contributed by atoms with van der Waals surface area (Å²) in [6.07, 6.45) is 1.22. The van der Waals surface area contributed by atoms with E-state index in [-0.39, 0.29) is 17.3 Å². The van der Waals surface area contributed by atoms with Gasteiger partial charge in [0, 0.05) is 30.4 Å². The molecule has 0 atom stereocenters. The minimum absolute atomic E-state index is 0.200. The van der Waals surface area contributed by atoms with Crippen molar-refractivity contribution in [2.24, 2.45) is 0 Å². The van der Waals surface area contributed by atoms with Crippen LogP contribution in [-0.4, -0.2) is 48.8 Å². The van der Waals surface area contributed by atoms with Crippen LogP contribution in [0.2, 0.25) is 0 Å². The zero-order valence-corrected chi connectivity index (χ0v) is 17.4. The number of hydrogen-bond donors (Lipinski definition) is 1. The largest absolute Gasteiger partial charge is 0.342 e. The number of aryl methyl sites for hydroxylation is 1. The first-order valence-corrected chi connectivity index (χ1v) is 10.9. The number of benzene rings is 2. The fourth-order valence-electron chi connectivity index (χ4n) is 3.00. The number of H-pyrrole nitrogens is 1. The molecule has 0 fully saturated rings. The van der Waals surface area contributed by atoms with Gasteiger partial charge in [0.05, 0.1) is 10.6 Å². The first kappa shape index (κ1) is 22.5. The lowest BCUT2D eigenvalue weighted by molar-refractivity contribution is 0.0793. The van der Waals surface area contributed by atoms with Crippen LogP contribution < -0.4 is 0 Å². The van der Waals surface area contributed by atoms with Gasteiger partial charge in [-0.25, -0.2) is 12.8 Å². The maximum atomic E-state index is 13.3. The predicted molar refractivity (Wildman–Crippen MR) is 109 cm³/mol. The Balaban J connectivity index is 1.55. The van der Waals surface area contributed by atoms with Crippen molar-refractivity contribution in [1.82, 2.24) is 15.1 Å². The van der Waals surface area contributed by atoms with E-state index >= 15 is 0 Å². The Morgan fingerprint density at radius 1 is 1.13 bits per heavy atom. The van der Waals surface area contributed by atoms with Crippen LogP contribution in [0.4, 0.5) is 13.2 Å². The van der Waals surface area contributed by atoms with E-state index in [9.17, 15) is 26.4 Å². The van der Waals surface area contributed by atoms with E-state index in [2.05, 4.69) is 10.2 Å². The summed E-state index contributed by atoms with van der Waals surface area (Å²) in [5.74, 6) is -4.21. The molecular weight excluding hydrogens is 431 g/mol. The number of rotatable bonds is 8. The van der Waals surface area contributed by atoms with Crippen LogP contribution in [0.1, 0.15) is 22.5 Å². The first-order valence-electron chi connectivity index (χ1n) is 9.36. The van der Waals surface area contributed by atoms with E-state index in [1.807, 2.05) is 6.07 Å². The number of amides is 1. The summed E-state index contributed by atoms with van der Waals surface area (Å²) in [5.41, 5.74) is 2.32. The molecule has 164 valence electrons. The third-order valence-corrected chi connectivity index (χ3v) is 6.10. The Morgan fingerprint density at radius 3 is 2.48 bits per heavy atom. The smallest absolute Gasteiger partial charge is 0.341 e. The zero-order chi connectivity index (χ0) is 22.6. The van der Waals surface area contributed by atoms with Crippen LogP contribution >= 0.6 is 0 Å². The summed E-state index contributed by atoms with van der Waals surface area (Å²) < 4.78 is 61.5. The van der Waals surface area contributed by atoms with Crippen LogP contribution in [-0.2, 0) is 16.3 Å². The Hall–Kier alpha value is -3.14. The Bertz CT molecular complexity index is 1160. The third-order valence-electron chi connectivity index (χ3n) is 4.70. The molecule has 1 heterocycles. The van der Waals surface area contributed by atoms with Gasteiger partial charge in [0.1, 0.15) is 5.82 Å². The van der Waals surface area contributed by atoms with Gasteiger partial charge >= 0.3 is 5.76 Å². The Kier molecular flexibility index (Phi) is 6.79. The molecule has 3 aromatic rings. The third kappa shape index (κ3) is 5.32. The summed E-state index contributed by atoms with van der Waals surface area (Å²) >= 11 is 0. The second kappa shape index (κ2) is 9.34. The van der Waals surface area contributed by atoms with Crippen LogP contribution in [0.15, 0.2) is 59.5 Å². The van der Waals surface area contributed by atoms with E-state index in [1.165, 1.54) is 29.2 Å². The minimum atomic E-state index is -4.69. The molecule has 0 aliphatic rings. The van der Waals surface area contributed by atoms with Crippen molar-refractivity contribution in [3.8, 4) is 11.3 Å². The van der Waals surface area contributed by atoms with Crippen molar-refractivity contribution in [3.63, 3.8) is 0 Å². The lowest BCUT2D eigenvalue weighted by Gasteiger charge is -2.17. The van der Waals surface area contributed by atoms with Crippen molar-refractivity contribution in [2.75, 3.05) is 13.6 Å². The molecule has 0 radical (unpaired) electrons. The van der Waals surface area contributed by atoms with E-state index in [0.29, 0.717) is 30.6 Å². The van der Waals surface area contributed by atoms with Crippen molar-refractivity contribution in [1.29, 1.82) is 0 Å². The average molecular weight is 451 g/mol. The van der Waals surface area contributed by atoms with Gasteiger partial charge in [0.2, 0.25) is 9.84 Å². The van der Waals surface area contributed by atoms with Gasteiger partial charge in [-0.3, -0.25) is 9.89 Å². The van der Waals surface area contributed by atoms with Crippen LogP contribution in [0.25, 0.3) is 11.3 Å². The number of carbonyl (C=O) groups excluding carboxylic acids is 1. The normalized spacial score (nSPS) is 11.6. The number of hydrogen-bond acceptors (Lipinski definition) is 4. The number of carbonyl (C=O) groups is 1. The van der Waals surface area contributed by atoms with Gasteiger partial charge in [-0.05, 0) is 55.3 Å². The standard InChI is InChI=1S/C21H20F3N3O3S/c1-27(20(28)14-7-9-18(10-8-14)31(29,30)21(23)24)11-3-6-17-13-19(26-25-17)15-4-2-5-16(22)12-15/h2,4-5,7-10,12-13,21H,3,6,11H2,1H3,(H,25,26). The highest BCUT2D eigenvalue weighted by Gasteiger charge is 2.26. The van der Waals surface area contributed by atoms with Crippen LogP contribution in [0.5, 0.6) is 0 Å². The number of alkyl halides is 2. The maximum Gasteiger partial charge on any atom is 0.341 e. The molecule has 3 rings (SSSR count). The molecule has 2 aromatic carbocycles. The second-order valence-corrected chi connectivity index (χ2v) is 8.87. The van der Waals surface area contributed by atoms with Crippen LogP contribution in [0, 0.1) is 5.82 Å². The lowest BCUT2D eigenvalue weighted by atomic mass is 10.1. The quantitative estimate of drug-likeness (QED) is 0.563. The Morgan fingerprint density at radius 2 is 1.84 bits per heavy atom. The molecule has 10 heteroatoms. The summed E-state index contributed by atoms with van der Waals surface area (Å²) in [6, 6.07) is 12.4. The molecule has 0 aliphatic carbocycles. The second-order valence-electron chi connectivity index (χ2n) is 6.95. The molecule has 0 unspecified atom stereocenters. The Labute approximate surface area is 177 Å². The van der Waals surface area contributed by atoms with Gasteiger partial charge in [-0.15, -0.1) is 0 Å². The fourth-order valence-corrected chi connectivity index (χ4v) is 3.73. The molecule has 0 saturated heterocycles. The highest BCUT2D eigenvalue weighted by atomic mass is 32.2. The summed E-state index contributed by atoms with van der Waals surface area (Å²) in [4.78, 5) is 13.4. The van der Waals surface area contributed by atoms with Gasteiger partial charge in [-0.1, -0.05) is 12.1 Å². The minimum Gasteiger partial charge on any atom is -0.342 e. The molecule has 1 N–H and O–H groups in total. The zero-order valence-electron chi connectivity index (χ0n) is 16.6. The van der Waals surface area contributed by atoms with Gasteiger partial charge in [0.25, 0.3) is 5.91 Å². The van der Waals surface area contributed by atoms with Crippen molar-refractivity contribution >= 4 is 15.7 Å². The number of aromatic amines is 1. The number of nitrogens with zero attached hydrogens (tertiary/aromatic N) is 2. The summed E-state index contributed by atoms with van der Waals surface area (Å²) in [6.45, 7) is 0.407. The predicted octanol–water partition coefficient (Wildman–Crippen LogP) is 3.92. The van der Waals surface area contributed by atoms with E-state index in [1.54, 1.807) is 19.2 Å². The molecule has 0 spiro atoms. The molecule has 31 heavy (non-hydrogen) atoms. The molecule has 1 aromatic heterocycles. The van der Waals surface area contributed by atoms with E-state index < -0.39 is 20.5 Å². The molecule has 0 aliphatic heterocycles. The topological polar surface area (TPSA) is 83.1 Å². The average Bonchev–Trinajstić information content (AvgIpc) is 3.22. The maximum absolute atomic E-state index is 13.3. The highest BCUT2D eigenvalue weighted by Crippen LogP contribution is 2.20. The van der Waals surface area contributed by atoms with Crippen LogP contribution in [0.3, 0.4) is 0 Å². The first-order chi connectivity index (χ1) is 14.7. The van der Waals surface area contributed by atoms with Crippen molar-refractivity contribution < 1.29 is 26.4 Å². The number of sulfone groups is 1. The number of nitrogens with one attached hydrogen (secondary N) is 1. The van der Waals surface area contributed by atoms with Crippen molar-refractivity contribution in [3.05, 3.63) is 71.7 Å². The van der Waals surface area contributed by atoms with E-state index in [4.69, 9.17) is 0 Å². The monoisotopic (exact) mass is 451 g/mol. The van der Waals surface area contributed by atoms with Gasteiger partial charge in [-0.2, -0.15) is 13.9 Å². The van der Waals surface area contributed by atoms with Crippen molar-refractivity contribution in [2.45, 2.75) is 23.5 Å². The highest BCUT2D eigenvalue weighted by molar-refractivity contribution is 7.91. The summed E-state index contributed by atoms with van der Waals surface area (Å²) in [7, 11) is -3.10. The van der Waals surface area contributed by atoms with E-state index in [0.717, 1.165) is 17.8 Å². The SMILES string of the molecule is CN(CCCc1cc(-c2cccc(F)c2)n[nH]1)C(=O)c1ccc(S(=O)(=O)C(F)F)cc1. The summed E-state index contributed by atoms with van der Waals surface area (Å²) in [5, 5.41) is 7.07. The molecular formula is C21H20F3N3O3S. The lowest BCUT2D eigenvalue weighted by Crippen LogP contribution is -2.28. The molecule has 0 saturated carbocycles. The number of aromatic nitrogens is 2. The molecule has 0 bridgehead atoms. The van der Waals surface area contributed by atoms with Gasteiger partial charge in [0.15, 0.2) is 0 Å².